The van der Waals surface area contributed by atoms with Gasteiger partial charge in [-0.2, -0.15) is 0 Å². The van der Waals surface area contributed by atoms with Gasteiger partial charge in [-0.15, -0.1) is 0 Å². The van der Waals surface area contributed by atoms with Gasteiger partial charge in [0.25, 0.3) is 5.91 Å². The molecule has 1 atom stereocenters. The average molecular weight is 438 g/mol. The molecule has 2 amide bonds. The van der Waals surface area contributed by atoms with E-state index in [9.17, 15) is 9.59 Å². The molecule has 166 valence electrons. The molecule has 1 aliphatic rings. The highest BCUT2D eigenvalue weighted by molar-refractivity contribution is 6.04. The summed E-state index contributed by atoms with van der Waals surface area (Å²) < 4.78 is 2.07. The molecule has 1 unspecified atom stereocenters. The molecule has 5 rings (SSSR count). The molecule has 1 aliphatic heterocycles. The van der Waals surface area contributed by atoms with E-state index in [2.05, 4.69) is 42.1 Å². The molecule has 0 bridgehead atoms. The number of nitrogens with one attached hydrogen (secondary N) is 1. The highest BCUT2D eigenvalue weighted by atomic mass is 16.2. The zero-order valence-electron chi connectivity index (χ0n) is 19.1. The summed E-state index contributed by atoms with van der Waals surface area (Å²) in [5.74, 6) is 0.101. The number of aryl methyl sites for hydroxylation is 1. The van der Waals surface area contributed by atoms with Gasteiger partial charge in [-0.3, -0.25) is 9.59 Å². The fourth-order valence-electron chi connectivity index (χ4n) is 4.77. The molecule has 1 aromatic heterocycles. The molecular formula is C28H27N3O2. The minimum atomic E-state index is -0.311. The molecule has 3 aromatic carbocycles. The Kier molecular flexibility index (Phi) is 5.25. The Morgan fingerprint density at radius 1 is 0.939 bits per heavy atom. The van der Waals surface area contributed by atoms with Crippen molar-refractivity contribution >= 4 is 28.4 Å². The summed E-state index contributed by atoms with van der Waals surface area (Å²) >= 11 is 0. The molecular weight excluding hydrogens is 410 g/mol. The van der Waals surface area contributed by atoms with E-state index in [-0.39, 0.29) is 24.4 Å². The molecule has 0 spiro atoms. The largest absolute Gasteiger partial charge is 0.350 e. The lowest BCUT2D eigenvalue weighted by Crippen LogP contribution is -2.36. The Hall–Kier alpha value is -3.86. The van der Waals surface area contributed by atoms with Crippen molar-refractivity contribution in [2.24, 2.45) is 7.05 Å². The van der Waals surface area contributed by atoms with Crippen LogP contribution in [0.15, 0.2) is 79.0 Å². The van der Waals surface area contributed by atoms with Crippen molar-refractivity contribution in [2.45, 2.75) is 25.8 Å². The fourth-order valence-corrected chi connectivity index (χ4v) is 4.77. The SMILES string of the molecule is CC(C)c1ccc(NC(=O)CN2C(=O)c3ccccc3C2c2cn(C)c3ccccc23)cc1. The van der Waals surface area contributed by atoms with Crippen LogP contribution in [0.2, 0.25) is 0 Å². The van der Waals surface area contributed by atoms with Crippen molar-refractivity contribution in [3.8, 4) is 0 Å². The number of aromatic nitrogens is 1. The second-order valence-corrected chi connectivity index (χ2v) is 8.96. The van der Waals surface area contributed by atoms with Crippen LogP contribution in [0.25, 0.3) is 10.9 Å². The van der Waals surface area contributed by atoms with Crippen LogP contribution in [0.3, 0.4) is 0 Å². The van der Waals surface area contributed by atoms with Gasteiger partial charge in [0, 0.05) is 41.0 Å². The number of anilines is 1. The van der Waals surface area contributed by atoms with Crippen molar-refractivity contribution in [1.29, 1.82) is 0 Å². The van der Waals surface area contributed by atoms with Gasteiger partial charge in [0.1, 0.15) is 6.54 Å². The van der Waals surface area contributed by atoms with Gasteiger partial charge in [0.15, 0.2) is 0 Å². The van der Waals surface area contributed by atoms with Crippen LogP contribution >= 0.6 is 0 Å². The Bertz CT molecular complexity index is 1350. The smallest absolute Gasteiger partial charge is 0.255 e. The normalized spacial score (nSPS) is 15.3. The summed E-state index contributed by atoms with van der Waals surface area (Å²) in [4.78, 5) is 28.1. The maximum absolute atomic E-state index is 13.4. The van der Waals surface area contributed by atoms with E-state index < -0.39 is 0 Å². The van der Waals surface area contributed by atoms with Gasteiger partial charge in [-0.05, 0) is 41.3 Å². The van der Waals surface area contributed by atoms with Crippen LogP contribution in [0.1, 0.15) is 52.9 Å². The van der Waals surface area contributed by atoms with E-state index in [0.29, 0.717) is 11.5 Å². The molecule has 0 saturated heterocycles. The van der Waals surface area contributed by atoms with Gasteiger partial charge in [-0.25, -0.2) is 0 Å². The van der Waals surface area contributed by atoms with Crippen LogP contribution in [0.4, 0.5) is 5.69 Å². The number of rotatable bonds is 5. The molecule has 0 fully saturated rings. The van der Waals surface area contributed by atoms with E-state index in [1.165, 1.54) is 5.56 Å². The zero-order chi connectivity index (χ0) is 23.1. The van der Waals surface area contributed by atoms with Crippen molar-refractivity contribution < 1.29 is 9.59 Å². The van der Waals surface area contributed by atoms with Crippen LogP contribution < -0.4 is 5.32 Å². The Labute approximate surface area is 193 Å². The number of carbonyl (C=O) groups is 2. The molecule has 1 N–H and O–H groups in total. The van der Waals surface area contributed by atoms with E-state index in [0.717, 1.165) is 27.7 Å². The number of hydrogen-bond donors (Lipinski definition) is 1. The molecule has 0 aliphatic carbocycles. The van der Waals surface area contributed by atoms with Crippen LogP contribution in [0, 0.1) is 0 Å². The number of hydrogen-bond acceptors (Lipinski definition) is 2. The number of para-hydroxylation sites is 1. The molecule has 4 aromatic rings. The van der Waals surface area contributed by atoms with Crippen LogP contribution in [-0.2, 0) is 11.8 Å². The van der Waals surface area contributed by atoms with Crippen LogP contribution in [-0.4, -0.2) is 27.8 Å². The van der Waals surface area contributed by atoms with E-state index in [4.69, 9.17) is 0 Å². The third-order valence-electron chi connectivity index (χ3n) is 6.46. The lowest BCUT2D eigenvalue weighted by Gasteiger charge is -2.25. The average Bonchev–Trinajstić information content (AvgIpc) is 3.28. The lowest BCUT2D eigenvalue weighted by molar-refractivity contribution is -0.117. The fraction of sp³-hybridized carbons (Fsp3) is 0.214. The first kappa shape index (κ1) is 21.0. The molecule has 5 heteroatoms. The summed E-state index contributed by atoms with van der Waals surface area (Å²) in [6.45, 7) is 4.25. The maximum atomic E-state index is 13.4. The number of fused-ring (bicyclic) bond motifs is 2. The molecule has 5 nitrogen and oxygen atoms in total. The number of nitrogens with zero attached hydrogens (tertiary/aromatic N) is 2. The maximum Gasteiger partial charge on any atom is 0.255 e. The molecule has 33 heavy (non-hydrogen) atoms. The van der Waals surface area contributed by atoms with Gasteiger partial charge < -0.3 is 14.8 Å². The summed E-state index contributed by atoms with van der Waals surface area (Å²) in [6.07, 6.45) is 2.07. The second kappa shape index (κ2) is 8.24. The number of amides is 2. The number of benzene rings is 3. The predicted molar refractivity (Wildman–Crippen MR) is 131 cm³/mol. The predicted octanol–water partition coefficient (Wildman–Crippen LogP) is 5.49. The van der Waals surface area contributed by atoms with Gasteiger partial charge >= 0.3 is 0 Å². The quantitative estimate of drug-likeness (QED) is 0.449. The Balaban J connectivity index is 1.48. The third-order valence-corrected chi connectivity index (χ3v) is 6.46. The van der Waals surface area contributed by atoms with Crippen molar-refractivity contribution in [3.63, 3.8) is 0 Å². The second-order valence-electron chi connectivity index (χ2n) is 8.96. The van der Waals surface area contributed by atoms with E-state index >= 15 is 0 Å². The number of carbonyl (C=O) groups excluding carboxylic acids is 2. The highest BCUT2D eigenvalue weighted by Gasteiger charge is 2.39. The molecule has 2 heterocycles. The first-order chi connectivity index (χ1) is 15.9. The summed E-state index contributed by atoms with van der Waals surface area (Å²) in [5, 5.41) is 4.05. The topological polar surface area (TPSA) is 54.3 Å². The monoisotopic (exact) mass is 437 g/mol. The van der Waals surface area contributed by atoms with Gasteiger partial charge in [0.05, 0.1) is 6.04 Å². The minimum Gasteiger partial charge on any atom is -0.350 e. The first-order valence-corrected chi connectivity index (χ1v) is 11.3. The Morgan fingerprint density at radius 3 is 2.39 bits per heavy atom. The van der Waals surface area contributed by atoms with Crippen molar-refractivity contribution in [2.75, 3.05) is 11.9 Å². The van der Waals surface area contributed by atoms with Gasteiger partial charge in [0.2, 0.25) is 5.91 Å². The van der Waals surface area contributed by atoms with Crippen molar-refractivity contribution in [3.05, 3.63) is 101 Å². The lowest BCUT2D eigenvalue weighted by atomic mass is 9.97. The first-order valence-electron chi connectivity index (χ1n) is 11.3. The van der Waals surface area contributed by atoms with E-state index in [1.54, 1.807) is 4.90 Å². The summed E-state index contributed by atoms with van der Waals surface area (Å²) in [5.41, 5.74) is 5.67. The summed E-state index contributed by atoms with van der Waals surface area (Å²) in [7, 11) is 2.01. The van der Waals surface area contributed by atoms with E-state index in [1.807, 2.05) is 67.7 Å². The van der Waals surface area contributed by atoms with Crippen LogP contribution in [0.5, 0.6) is 0 Å². The summed E-state index contributed by atoms with van der Waals surface area (Å²) in [6, 6.07) is 23.4. The molecule has 0 radical (unpaired) electrons. The molecule has 0 saturated carbocycles. The zero-order valence-corrected chi connectivity index (χ0v) is 19.1. The Morgan fingerprint density at radius 2 is 1.64 bits per heavy atom. The van der Waals surface area contributed by atoms with Gasteiger partial charge in [-0.1, -0.05) is 62.4 Å². The minimum absolute atomic E-state index is 0.0205. The highest BCUT2D eigenvalue weighted by Crippen LogP contribution is 2.41. The third kappa shape index (κ3) is 3.69. The van der Waals surface area contributed by atoms with Crippen molar-refractivity contribution in [1.82, 2.24) is 9.47 Å². The standard InChI is InChI=1S/C28H27N3O2/c1-18(2)19-12-14-20(15-13-19)29-26(32)17-31-27(22-9-4-5-10-23(22)28(31)33)24-16-30(3)25-11-7-6-8-21(24)25/h4-16,18,27H,17H2,1-3H3,(H,29,32).